The van der Waals surface area contributed by atoms with E-state index >= 15 is 0 Å². The van der Waals surface area contributed by atoms with Crippen LogP contribution in [0, 0.1) is 0 Å². The van der Waals surface area contributed by atoms with Crippen molar-refractivity contribution in [3.63, 3.8) is 0 Å². The number of hydrogen-bond acceptors (Lipinski definition) is 8. The van der Waals surface area contributed by atoms with Gasteiger partial charge in [0.25, 0.3) is 0 Å². The van der Waals surface area contributed by atoms with Crippen LogP contribution >= 0.6 is 25.3 Å². The lowest BCUT2D eigenvalue weighted by atomic mass is 10.1. The van der Waals surface area contributed by atoms with Crippen LogP contribution in [0.5, 0.6) is 11.5 Å². The van der Waals surface area contributed by atoms with Crippen molar-refractivity contribution in [3.8, 4) is 11.5 Å². The summed E-state index contributed by atoms with van der Waals surface area (Å²) in [7, 11) is -3.66. The first kappa shape index (κ1) is 24.7. The zero-order valence-corrected chi connectivity index (χ0v) is 21.7. The molecule has 2 aromatic rings. The summed E-state index contributed by atoms with van der Waals surface area (Å²) in [6.07, 6.45) is 1.89. The molecular formula is C24H32N2O4S3. The van der Waals surface area contributed by atoms with Gasteiger partial charge in [-0.15, -0.1) is 0 Å². The molecule has 2 aliphatic rings. The number of ether oxygens (including phenoxy) is 2. The lowest BCUT2D eigenvalue weighted by molar-refractivity contribution is 0.0942. The van der Waals surface area contributed by atoms with Crippen LogP contribution in [0.25, 0.3) is 0 Å². The van der Waals surface area contributed by atoms with Gasteiger partial charge in [0.15, 0.2) is 0 Å². The Morgan fingerprint density at radius 2 is 1.24 bits per heavy atom. The van der Waals surface area contributed by atoms with Crippen LogP contribution in [0.2, 0.25) is 0 Å². The molecule has 0 aliphatic carbocycles. The monoisotopic (exact) mass is 508 g/mol. The number of sulfone groups is 1. The smallest absolute Gasteiger partial charge is 0.206 e. The molecule has 0 saturated carbocycles. The molecule has 0 amide bonds. The van der Waals surface area contributed by atoms with Crippen LogP contribution in [0.15, 0.2) is 46.2 Å². The standard InChI is InChI=1S/C24H32N2O4S3/c1-17(31)7-9-25-13-19-11-21(3-5-23(19)29-15-25)33(27,28)22-4-6-24-20(12-22)14-26(16-30-24)10-8-18(2)32/h3-6,11-12,17-18,31-32H,7-10,13-16H2,1-2H3. The van der Waals surface area contributed by atoms with E-state index in [9.17, 15) is 8.42 Å². The zero-order chi connectivity index (χ0) is 23.6. The summed E-state index contributed by atoms with van der Waals surface area (Å²) in [6, 6.07) is 10.3. The molecule has 2 atom stereocenters. The highest BCUT2D eigenvalue weighted by molar-refractivity contribution is 7.91. The Morgan fingerprint density at radius 3 is 1.64 bits per heavy atom. The minimum atomic E-state index is -3.66. The van der Waals surface area contributed by atoms with Gasteiger partial charge in [-0.3, -0.25) is 9.80 Å². The third-order valence-electron chi connectivity index (χ3n) is 6.00. The van der Waals surface area contributed by atoms with Gasteiger partial charge in [0.1, 0.15) is 25.0 Å². The van der Waals surface area contributed by atoms with Gasteiger partial charge in [-0.05, 0) is 49.2 Å². The molecule has 0 aromatic heterocycles. The van der Waals surface area contributed by atoms with Gasteiger partial charge >= 0.3 is 0 Å². The van der Waals surface area contributed by atoms with Gasteiger partial charge in [0.05, 0.1) is 9.79 Å². The maximum Gasteiger partial charge on any atom is 0.206 e. The predicted octanol–water partition coefficient (Wildman–Crippen LogP) is 4.24. The van der Waals surface area contributed by atoms with Crippen molar-refractivity contribution in [2.24, 2.45) is 0 Å². The molecule has 4 rings (SSSR count). The second kappa shape index (κ2) is 10.5. The molecule has 2 aromatic carbocycles. The van der Waals surface area contributed by atoms with E-state index in [1.807, 2.05) is 0 Å². The number of fused-ring (bicyclic) bond motifs is 2. The van der Waals surface area contributed by atoms with E-state index in [0.717, 1.165) is 48.6 Å². The summed E-state index contributed by atoms with van der Waals surface area (Å²) in [4.78, 5) is 4.91. The molecule has 0 radical (unpaired) electrons. The first-order valence-corrected chi connectivity index (χ1v) is 13.8. The Balaban J connectivity index is 1.53. The van der Waals surface area contributed by atoms with E-state index in [4.69, 9.17) is 9.47 Å². The van der Waals surface area contributed by atoms with E-state index in [1.54, 1.807) is 36.4 Å². The fourth-order valence-corrected chi connectivity index (χ4v) is 5.62. The normalized spacial score (nSPS) is 18.5. The number of benzene rings is 2. The maximum absolute atomic E-state index is 13.5. The minimum Gasteiger partial charge on any atom is -0.478 e. The Labute approximate surface area is 208 Å². The van der Waals surface area contributed by atoms with Crippen LogP contribution in [0.3, 0.4) is 0 Å². The van der Waals surface area contributed by atoms with E-state index in [2.05, 4.69) is 48.9 Å². The Hall–Kier alpha value is -1.39. The number of hydrogen-bond donors (Lipinski definition) is 2. The van der Waals surface area contributed by atoms with E-state index in [-0.39, 0.29) is 9.79 Å². The molecule has 2 heterocycles. The molecule has 2 unspecified atom stereocenters. The van der Waals surface area contributed by atoms with E-state index in [1.165, 1.54) is 0 Å². The fourth-order valence-electron chi connectivity index (χ4n) is 4.03. The molecule has 2 aliphatic heterocycles. The quantitative estimate of drug-likeness (QED) is 0.520. The largest absolute Gasteiger partial charge is 0.478 e. The van der Waals surface area contributed by atoms with Crippen molar-refractivity contribution in [2.45, 2.75) is 60.1 Å². The van der Waals surface area contributed by atoms with Crippen molar-refractivity contribution in [1.82, 2.24) is 9.80 Å². The molecule has 0 bridgehead atoms. The van der Waals surface area contributed by atoms with Crippen molar-refractivity contribution >= 4 is 35.1 Å². The van der Waals surface area contributed by atoms with E-state index in [0.29, 0.717) is 37.1 Å². The molecule has 0 spiro atoms. The zero-order valence-electron chi connectivity index (χ0n) is 19.1. The van der Waals surface area contributed by atoms with Gasteiger partial charge in [0, 0.05) is 47.8 Å². The maximum atomic E-state index is 13.5. The topological polar surface area (TPSA) is 59.1 Å². The van der Waals surface area contributed by atoms with Gasteiger partial charge in [0.2, 0.25) is 9.84 Å². The van der Waals surface area contributed by atoms with E-state index < -0.39 is 9.84 Å². The molecule has 0 N–H and O–H groups in total. The molecule has 0 saturated heterocycles. The summed E-state index contributed by atoms with van der Waals surface area (Å²) in [5, 5.41) is 0.617. The highest BCUT2D eigenvalue weighted by Crippen LogP contribution is 2.33. The van der Waals surface area contributed by atoms with Crippen LogP contribution < -0.4 is 9.47 Å². The van der Waals surface area contributed by atoms with Crippen molar-refractivity contribution in [3.05, 3.63) is 47.5 Å². The van der Waals surface area contributed by atoms with Gasteiger partial charge in [-0.2, -0.15) is 25.3 Å². The first-order valence-electron chi connectivity index (χ1n) is 11.3. The summed E-state index contributed by atoms with van der Waals surface area (Å²) < 4.78 is 38.6. The van der Waals surface area contributed by atoms with Gasteiger partial charge in [-0.1, -0.05) is 13.8 Å². The van der Waals surface area contributed by atoms with Crippen molar-refractivity contribution in [2.75, 3.05) is 26.6 Å². The molecule has 6 nitrogen and oxygen atoms in total. The Morgan fingerprint density at radius 1 is 0.818 bits per heavy atom. The highest BCUT2D eigenvalue weighted by Gasteiger charge is 2.25. The second-order valence-corrected chi connectivity index (χ2v) is 12.7. The molecular weight excluding hydrogens is 476 g/mol. The van der Waals surface area contributed by atoms with Crippen LogP contribution in [-0.2, 0) is 22.9 Å². The van der Waals surface area contributed by atoms with Crippen molar-refractivity contribution in [1.29, 1.82) is 0 Å². The fraction of sp³-hybridized carbons (Fsp3) is 0.500. The summed E-state index contributed by atoms with van der Waals surface area (Å²) in [5.41, 5.74) is 1.78. The molecule has 33 heavy (non-hydrogen) atoms. The van der Waals surface area contributed by atoms with Crippen LogP contribution in [0.1, 0.15) is 37.8 Å². The first-order chi connectivity index (χ1) is 15.7. The average molecular weight is 509 g/mol. The van der Waals surface area contributed by atoms with Crippen LogP contribution in [-0.4, -0.2) is 55.3 Å². The predicted molar refractivity (Wildman–Crippen MR) is 136 cm³/mol. The van der Waals surface area contributed by atoms with Crippen molar-refractivity contribution < 1.29 is 17.9 Å². The van der Waals surface area contributed by atoms with Gasteiger partial charge < -0.3 is 9.47 Å². The number of nitrogens with zero attached hydrogens (tertiary/aromatic N) is 2. The lowest BCUT2D eigenvalue weighted by Crippen LogP contribution is -2.33. The number of rotatable bonds is 8. The summed E-state index contributed by atoms with van der Waals surface area (Å²) in [6.45, 7) is 8.18. The average Bonchev–Trinajstić information content (AvgIpc) is 2.80. The van der Waals surface area contributed by atoms with Gasteiger partial charge in [-0.25, -0.2) is 8.42 Å². The molecule has 0 fully saturated rings. The third kappa shape index (κ3) is 6.00. The minimum absolute atomic E-state index is 0.284. The third-order valence-corrected chi connectivity index (χ3v) is 8.27. The second-order valence-electron chi connectivity index (χ2n) is 8.97. The SMILES string of the molecule is CC(S)CCN1COc2ccc(S(=O)(=O)c3ccc4c(c3)CN(CCC(C)S)CO4)cc2C1. The summed E-state index contributed by atoms with van der Waals surface area (Å²) in [5.74, 6) is 1.49. The Bertz CT molecular complexity index is 1010. The summed E-state index contributed by atoms with van der Waals surface area (Å²) >= 11 is 8.89. The van der Waals surface area contributed by atoms with Crippen LogP contribution in [0.4, 0.5) is 0 Å². The Kier molecular flexibility index (Phi) is 7.85. The highest BCUT2D eigenvalue weighted by atomic mass is 32.2. The lowest BCUT2D eigenvalue weighted by Gasteiger charge is -2.30. The molecule has 9 heteroatoms. The number of thiol groups is 2. The molecule has 180 valence electrons.